The van der Waals surface area contributed by atoms with E-state index in [2.05, 4.69) is 11.9 Å². The first-order valence-corrected chi connectivity index (χ1v) is 6.00. The van der Waals surface area contributed by atoms with E-state index in [0.29, 0.717) is 13.2 Å². The summed E-state index contributed by atoms with van der Waals surface area (Å²) in [4.78, 5) is 16.0. The molecule has 0 aromatic rings. The van der Waals surface area contributed by atoms with Crippen LogP contribution in [0.2, 0.25) is 0 Å². The molecule has 0 aliphatic carbocycles. The number of hydrogen-bond acceptors (Lipinski definition) is 4. The molecule has 5 nitrogen and oxygen atoms in total. The molecule has 0 aromatic carbocycles. The van der Waals surface area contributed by atoms with Crippen molar-refractivity contribution in [1.29, 1.82) is 0 Å². The van der Waals surface area contributed by atoms with Crippen molar-refractivity contribution in [2.24, 2.45) is 0 Å². The molecular weight excluding hydrogens is 220 g/mol. The predicted molar refractivity (Wildman–Crippen MR) is 66.1 cm³/mol. The summed E-state index contributed by atoms with van der Waals surface area (Å²) in [6, 6.07) is 0.0774. The Morgan fingerprint density at radius 3 is 2.53 bits per heavy atom. The summed E-state index contributed by atoms with van der Waals surface area (Å²) < 4.78 is 10.6. The van der Waals surface area contributed by atoms with Crippen molar-refractivity contribution < 1.29 is 14.3 Å². The van der Waals surface area contributed by atoms with Gasteiger partial charge in [0.05, 0.1) is 12.6 Å². The predicted octanol–water partition coefficient (Wildman–Crippen LogP) is 1.18. The Hall–Kier alpha value is -0.810. The molecule has 1 atom stereocenters. The van der Waals surface area contributed by atoms with E-state index in [9.17, 15) is 4.79 Å². The third kappa shape index (κ3) is 4.52. The number of amides is 1. The molecule has 100 valence electrons. The number of rotatable bonds is 2. The number of carbonyl (C=O) groups excluding carboxylic acids is 1. The molecular formula is C12H24N2O3. The highest BCUT2D eigenvalue weighted by Gasteiger charge is 2.32. The van der Waals surface area contributed by atoms with Crippen molar-refractivity contribution in [3.05, 3.63) is 0 Å². The van der Waals surface area contributed by atoms with Crippen LogP contribution in [-0.2, 0) is 9.47 Å². The average molecular weight is 244 g/mol. The maximum absolute atomic E-state index is 12.0. The van der Waals surface area contributed by atoms with Crippen LogP contribution in [0.3, 0.4) is 0 Å². The molecule has 1 fully saturated rings. The van der Waals surface area contributed by atoms with Crippen molar-refractivity contribution in [2.75, 3.05) is 40.4 Å². The molecule has 5 heteroatoms. The van der Waals surface area contributed by atoms with Crippen LogP contribution < -0.4 is 0 Å². The third-order valence-corrected chi connectivity index (χ3v) is 2.67. The van der Waals surface area contributed by atoms with E-state index in [1.54, 1.807) is 12.0 Å². The molecule has 0 saturated carbocycles. The minimum absolute atomic E-state index is 0.0774. The minimum atomic E-state index is -0.446. The Balaban J connectivity index is 2.62. The van der Waals surface area contributed by atoms with Gasteiger partial charge < -0.3 is 19.3 Å². The lowest BCUT2D eigenvalue weighted by atomic mass is 10.2. The highest BCUT2D eigenvalue weighted by molar-refractivity contribution is 5.68. The van der Waals surface area contributed by atoms with Gasteiger partial charge in [-0.15, -0.1) is 0 Å². The quantitative estimate of drug-likeness (QED) is 0.731. The van der Waals surface area contributed by atoms with E-state index in [1.165, 1.54) is 0 Å². The van der Waals surface area contributed by atoms with Gasteiger partial charge in [-0.2, -0.15) is 0 Å². The maximum atomic E-state index is 12.0. The SMILES string of the molecule is COCC1CN(C)CCN1C(=O)OC(C)(C)C. The fourth-order valence-electron chi connectivity index (χ4n) is 1.91. The topological polar surface area (TPSA) is 42.0 Å². The van der Waals surface area contributed by atoms with Gasteiger partial charge in [0.15, 0.2) is 0 Å². The van der Waals surface area contributed by atoms with E-state index in [4.69, 9.17) is 9.47 Å². The first kappa shape index (κ1) is 14.3. The molecule has 0 aromatic heterocycles. The normalized spacial score (nSPS) is 22.6. The van der Waals surface area contributed by atoms with Crippen molar-refractivity contribution in [2.45, 2.75) is 32.4 Å². The van der Waals surface area contributed by atoms with Gasteiger partial charge in [0, 0.05) is 26.7 Å². The summed E-state index contributed by atoms with van der Waals surface area (Å²) >= 11 is 0. The lowest BCUT2D eigenvalue weighted by Gasteiger charge is -2.40. The first-order valence-electron chi connectivity index (χ1n) is 6.00. The number of hydrogen-bond donors (Lipinski definition) is 0. The van der Waals surface area contributed by atoms with Gasteiger partial charge in [0.2, 0.25) is 0 Å². The second-order valence-electron chi connectivity index (χ2n) is 5.55. The smallest absolute Gasteiger partial charge is 0.410 e. The molecule has 1 heterocycles. The summed E-state index contributed by atoms with van der Waals surface area (Å²) in [5, 5.41) is 0. The number of methoxy groups -OCH3 is 1. The van der Waals surface area contributed by atoms with Crippen LogP contribution in [0.25, 0.3) is 0 Å². The van der Waals surface area contributed by atoms with Gasteiger partial charge in [0.25, 0.3) is 0 Å². The Labute approximate surface area is 104 Å². The van der Waals surface area contributed by atoms with E-state index in [1.807, 2.05) is 20.8 Å². The Bertz CT molecular complexity index is 263. The van der Waals surface area contributed by atoms with Gasteiger partial charge in [-0.3, -0.25) is 0 Å². The van der Waals surface area contributed by atoms with Crippen LogP contribution >= 0.6 is 0 Å². The Morgan fingerprint density at radius 1 is 1.35 bits per heavy atom. The maximum Gasteiger partial charge on any atom is 0.410 e. The van der Waals surface area contributed by atoms with Crippen LogP contribution in [0, 0.1) is 0 Å². The monoisotopic (exact) mass is 244 g/mol. The number of likely N-dealkylation sites (N-methyl/N-ethyl adjacent to an activating group) is 1. The zero-order valence-electron chi connectivity index (χ0n) is 11.5. The molecule has 17 heavy (non-hydrogen) atoms. The van der Waals surface area contributed by atoms with Gasteiger partial charge in [-0.05, 0) is 27.8 Å². The van der Waals surface area contributed by atoms with E-state index >= 15 is 0 Å². The van der Waals surface area contributed by atoms with Crippen LogP contribution in [0.4, 0.5) is 4.79 Å². The third-order valence-electron chi connectivity index (χ3n) is 2.67. The van der Waals surface area contributed by atoms with Crippen LogP contribution in [-0.4, -0.2) is 67.9 Å². The summed E-state index contributed by atoms with van der Waals surface area (Å²) in [7, 11) is 3.71. The van der Waals surface area contributed by atoms with Crippen molar-refractivity contribution in [3.63, 3.8) is 0 Å². The van der Waals surface area contributed by atoms with Crippen LogP contribution in [0.15, 0.2) is 0 Å². The van der Waals surface area contributed by atoms with E-state index in [0.717, 1.165) is 13.1 Å². The lowest BCUT2D eigenvalue weighted by Crippen LogP contribution is -2.56. The summed E-state index contributed by atoms with van der Waals surface area (Å²) in [6.45, 7) is 8.58. The molecule has 0 radical (unpaired) electrons. The van der Waals surface area contributed by atoms with E-state index < -0.39 is 5.60 Å². The van der Waals surface area contributed by atoms with Gasteiger partial charge in [-0.25, -0.2) is 4.79 Å². The van der Waals surface area contributed by atoms with Crippen LogP contribution in [0.1, 0.15) is 20.8 Å². The van der Waals surface area contributed by atoms with Gasteiger partial charge >= 0.3 is 6.09 Å². The first-order chi connectivity index (χ1) is 7.83. The van der Waals surface area contributed by atoms with E-state index in [-0.39, 0.29) is 12.1 Å². The second-order valence-corrected chi connectivity index (χ2v) is 5.55. The molecule has 1 aliphatic rings. The molecule has 1 unspecified atom stereocenters. The molecule has 1 aliphatic heterocycles. The van der Waals surface area contributed by atoms with Gasteiger partial charge in [0.1, 0.15) is 5.60 Å². The summed E-state index contributed by atoms with van der Waals surface area (Å²) in [5.74, 6) is 0. The van der Waals surface area contributed by atoms with Gasteiger partial charge in [-0.1, -0.05) is 0 Å². The largest absolute Gasteiger partial charge is 0.444 e. The number of ether oxygens (including phenoxy) is 2. The average Bonchev–Trinajstić information content (AvgIpc) is 2.15. The molecule has 0 spiro atoms. The molecule has 1 amide bonds. The Morgan fingerprint density at radius 2 is 2.00 bits per heavy atom. The molecule has 1 saturated heterocycles. The zero-order chi connectivity index (χ0) is 13.1. The molecule has 0 N–H and O–H groups in total. The summed E-state index contributed by atoms with van der Waals surface area (Å²) in [6.07, 6.45) is -0.243. The van der Waals surface area contributed by atoms with Crippen molar-refractivity contribution in [3.8, 4) is 0 Å². The fraction of sp³-hybridized carbons (Fsp3) is 0.917. The summed E-state index contributed by atoms with van der Waals surface area (Å²) in [5.41, 5.74) is -0.446. The van der Waals surface area contributed by atoms with Crippen molar-refractivity contribution >= 4 is 6.09 Å². The highest BCUT2D eigenvalue weighted by atomic mass is 16.6. The fourth-order valence-corrected chi connectivity index (χ4v) is 1.91. The number of nitrogens with zero attached hydrogens (tertiary/aromatic N) is 2. The number of carbonyl (C=O) groups is 1. The molecule has 0 bridgehead atoms. The number of piperazine rings is 1. The Kier molecular flexibility index (Phi) is 4.77. The lowest BCUT2D eigenvalue weighted by molar-refractivity contribution is -0.0126. The van der Waals surface area contributed by atoms with Crippen molar-refractivity contribution in [1.82, 2.24) is 9.80 Å². The molecule has 1 rings (SSSR count). The standard InChI is InChI=1S/C12H24N2O3/c1-12(2,3)17-11(15)14-7-6-13(4)8-10(14)9-16-5/h10H,6-9H2,1-5H3. The second kappa shape index (κ2) is 5.69. The minimum Gasteiger partial charge on any atom is -0.444 e. The zero-order valence-corrected chi connectivity index (χ0v) is 11.5. The highest BCUT2D eigenvalue weighted by Crippen LogP contribution is 2.15. The van der Waals surface area contributed by atoms with Crippen LogP contribution in [0.5, 0.6) is 0 Å².